The largest absolute Gasteiger partial charge is 0.356 e. The highest BCUT2D eigenvalue weighted by atomic mass is 16.2. The maximum absolute atomic E-state index is 12.1. The van der Waals surface area contributed by atoms with E-state index in [9.17, 15) is 4.79 Å². The highest BCUT2D eigenvalue weighted by Gasteiger charge is 2.18. The molecule has 2 N–H and O–H groups in total. The molecule has 1 rings (SSSR count). The third kappa shape index (κ3) is 3.70. The van der Waals surface area contributed by atoms with Crippen LogP contribution in [0.1, 0.15) is 17.5 Å². The average molecular weight is 240 g/mol. The van der Waals surface area contributed by atoms with Gasteiger partial charge < -0.3 is 15.1 Å². The molecule has 7 nitrogen and oxygen atoms in total. The summed E-state index contributed by atoms with van der Waals surface area (Å²) in [5, 5.41) is 9.27. The first kappa shape index (κ1) is 13.4. The highest BCUT2D eigenvalue weighted by molar-refractivity contribution is 5.90. The third-order valence-electron chi connectivity index (χ3n) is 2.40. The number of nitrogens with zero attached hydrogens (tertiary/aromatic N) is 4. The Morgan fingerprint density at radius 1 is 1.41 bits per heavy atom. The van der Waals surface area contributed by atoms with Crippen LogP contribution in [0, 0.1) is 0 Å². The summed E-state index contributed by atoms with van der Waals surface area (Å²) < 4.78 is 0. The standard InChI is InChI=1S/C10H20N6O/c1-5-16(7-6-15(3)4)9(17)8-12-10(11-2)14-13-8/h5-7H2,1-4H3,(H2,11,12,13,14). The molecule has 0 bridgehead atoms. The Kier molecular flexibility index (Phi) is 4.89. The van der Waals surface area contributed by atoms with Crippen molar-refractivity contribution in [3.8, 4) is 0 Å². The lowest BCUT2D eigenvalue weighted by Gasteiger charge is -2.21. The topological polar surface area (TPSA) is 77.2 Å². The van der Waals surface area contributed by atoms with Crippen LogP contribution in [0.15, 0.2) is 0 Å². The number of likely N-dealkylation sites (N-methyl/N-ethyl adjacent to an activating group) is 2. The number of rotatable bonds is 6. The molecule has 17 heavy (non-hydrogen) atoms. The molecule has 7 heteroatoms. The van der Waals surface area contributed by atoms with Crippen molar-refractivity contribution >= 4 is 11.9 Å². The first-order valence-corrected chi connectivity index (χ1v) is 5.62. The van der Waals surface area contributed by atoms with Gasteiger partial charge in [-0.25, -0.2) is 0 Å². The number of anilines is 1. The smallest absolute Gasteiger partial charge is 0.291 e. The summed E-state index contributed by atoms with van der Waals surface area (Å²) in [6.07, 6.45) is 0. The van der Waals surface area contributed by atoms with Gasteiger partial charge in [0, 0.05) is 26.7 Å². The van der Waals surface area contributed by atoms with Gasteiger partial charge in [0.2, 0.25) is 11.8 Å². The van der Waals surface area contributed by atoms with Gasteiger partial charge in [-0.1, -0.05) is 0 Å². The third-order valence-corrected chi connectivity index (χ3v) is 2.40. The van der Waals surface area contributed by atoms with Crippen LogP contribution in [0.4, 0.5) is 5.95 Å². The van der Waals surface area contributed by atoms with Crippen LogP contribution >= 0.6 is 0 Å². The van der Waals surface area contributed by atoms with E-state index < -0.39 is 0 Å². The molecule has 0 atom stereocenters. The van der Waals surface area contributed by atoms with Gasteiger partial charge >= 0.3 is 0 Å². The van der Waals surface area contributed by atoms with E-state index in [1.165, 1.54) is 0 Å². The molecule has 0 radical (unpaired) electrons. The lowest BCUT2D eigenvalue weighted by atomic mass is 10.4. The molecule has 0 saturated carbocycles. The zero-order valence-corrected chi connectivity index (χ0v) is 10.8. The fraction of sp³-hybridized carbons (Fsp3) is 0.700. The van der Waals surface area contributed by atoms with E-state index in [-0.39, 0.29) is 11.7 Å². The van der Waals surface area contributed by atoms with Gasteiger partial charge in [0.25, 0.3) is 5.91 Å². The normalized spacial score (nSPS) is 10.6. The van der Waals surface area contributed by atoms with E-state index in [0.717, 1.165) is 6.54 Å². The Bertz CT molecular complexity index is 361. The molecule has 0 aliphatic heterocycles. The van der Waals surface area contributed by atoms with E-state index in [2.05, 4.69) is 20.5 Å². The van der Waals surface area contributed by atoms with Gasteiger partial charge in [-0.15, -0.1) is 5.10 Å². The molecule has 0 spiro atoms. The molecule has 1 aromatic rings. The fourth-order valence-electron chi connectivity index (χ4n) is 1.34. The quantitative estimate of drug-likeness (QED) is 0.724. The van der Waals surface area contributed by atoms with Gasteiger partial charge in [0.05, 0.1) is 0 Å². The van der Waals surface area contributed by atoms with Crippen LogP contribution < -0.4 is 5.32 Å². The van der Waals surface area contributed by atoms with Crippen molar-refractivity contribution < 1.29 is 4.79 Å². The molecular formula is C10H20N6O. The van der Waals surface area contributed by atoms with Crippen molar-refractivity contribution in [2.45, 2.75) is 6.92 Å². The maximum atomic E-state index is 12.1. The fourth-order valence-corrected chi connectivity index (χ4v) is 1.34. The Morgan fingerprint density at radius 3 is 2.59 bits per heavy atom. The van der Waals surface area contributed by atoms with E-state index in [1.807, 2.05) is 25.9 Å². The molecule has 1 amide bonds. The van der Waals surface area contributed by atoms with Crippen LogP contribution in [-0.4, -0.2) is 71.7 Å². The van der Waals surface area contributed by atoms with E-state index in [1.54, 1.807) is 11.9 Å². The Morgan fingerprint density at radius 2 is 2.12 bits per heavy atom. The summed E-state index contributed by atoms with van der Waals surface area (Å²) >= 11 is 0. The molecule has 0 aliphatic rings. The van der Waals surface area contributed by atoms with Gasteiger partial charge in [-0.2, -0.15) is 4.98 Å². The molecule has 0 unspecified atom stereocenters. The van der Waals surface area contributed by atoms with Gasteiger partial charge in [-0.05, 0) is 21.0 Å². The van der Waals surface area contributed by atoms with Crippen LogP contribution in [0.25, 0.3) is 0 Å². The number of hydrogen-bond donors (Lipinski definition) is 2. The molecular weight excluding hydrogens is 220 g/mol. The van der Waals surface area contributed by atoms with Crippen LogP contribution in [0.2, 0.25) is 0 Å². The second-order valence-electron chi connectivity index (χ2n) is 3.95. The molecule has 0 saturated heterocycles. The maximum Gasteiger partial charge on any atom is 0.291 e. The second-order valence-corrected chi connectivity index (χ2v) is 3.95. The molecule has 96 valence electrons. The summed E-state index contributed by atoms with van der Waals surface area (Å²) in [6.45, 7) is 4.11. The predicted molar refractivity (Wildman–Crippen MR) is 66.1 cm³/mol. The lowest BCUT2D eigenvalue weighted by molar-refractivity contribution is 0.0742. The number of hydrogen-bond acceptors (Lipinski definition) is 5. The number of carbonyl (C=O) groups is 1. The lowest BCUT2D eigenvalue weighted by Crippen LogP contribution is -2.37. The van der Waals surface area contributed by atoms with E-state index in [0.29, 0.717) is 19.0 Å². The number of nitrogens with one attached hydrogen (secondary N) is 2. The molecule has 0 aromatic carbocycles. The van der Waals surface area contributed by atoms with Gasteiger partial charge in [-0.3, -0.25) is 9.89 Å². The monoisotopic (exact) mass is 240 g/mol. The molecule has 1 heterocycles. The van der Waals surface area contributed by atoms with Crippen molar-refractivity contribution in [2.24, 2.45) is 0 Å². The first-order chi connectivity index (χ1) is 8.08. The van der Waals surface area contributed by atoms with Crippen molar-refractivity contribution in [3.05, 3.63) is 5.82 Å². The summed E-state index contributed by atoms with van der Waals surface area (Å²) in [5.74, 6) is 0.579. The Balaban J connectivity index is 2.65. The zero-order valence-electron chi connectivity index (χ0n) is 10.8. The Hall–Kier alpha value is -1.63. The number of H-pyrrole nitrogens is 1. The predicted octanol–water partition coefficient (Wildman–Crippen LogP) is -0.130. The SMILES string of the molecule is CCN(CCN(C)C)C(=O)c1nc(NC)n[nH]1. The summed E-state index contributed by atoms with van der Waals surface area (Å²) in [4.78, 5) is 19.9. The average Bonchev–Trinajstić information content (AvgIpc) is 2.77. The van der Waals surface area contributed by atoms with Crippen LogP contribution in [0.5, 0.6) is 0 Å². The minimum absolute atomic E-state index is 0.122. The highest BCUT2D eigenvalue weighted by Crippen LogP contribution is 2.02. The van der Waals surface area contributed by atoms with Crippen molar-refractivity contribution in [2.75, 3.05) is 46.1 Å². The number of aromatic amines is 1. The minimum atomic E-state index is -0.122. The van der Waals surface area contributed by atoms with Crippen molar-refractivity contribution in [1.29, 1.82) is 0 Å². The van der Waals surface area contributed by atoms with Crippen LogP contribution in [-0.2, 0) is 0 Å². The number of aromatic nitrogens is 3. The Labute approximate surface area is 101 Å². The number of carbonyl (C=O) groups excluding carboxylic acids is 1. The summed E-state index contributed by atoms with van der Waals surface area (Å²) in [5.41, 5.74) is 0. The number of amides is 1. The molecule has 0 fully saturated rings. The second kappa shape index (κ2) is 6.19. The molecule has 1 aromatic heterocycles. The van der Waals surface area contributed by atoms with E-state index >= 15 is 0 Å². The summed E-state index contributed by atoms with van der Waals surface area (Å²) in [6, 6.07) is 0. The van der Waals surface area contributed by atoms with Crippen molar-refractivity contribution in [1.82, 2.24) is 25.0 Å². The molecule has 0 aliphatic carbocycles. The van der Waals surface area contributed by atoms with E-state index in [4.69, 9.17) is 0 Å². The van der Waals surface area contributed by atoms with Gasteiger partial charge in [0.1, 0.15) is 0 Å². The first-order valence-electron chi connectivity index (χ1n) is 5.62. The van der Waals surface area contributed by atoms with Gasteiger partial charge in [0.15, 0.2) is 0 Å². The summed E-state index contributed by atoms with van der Waals surface area (Å²) in [7, 11) is 5.67. The van der Waals surface area contributed by atoms with Crippen molar-refractivity contribution in [3.63, 3.8) is 0 Å². The zero-order chi connectivity index (χ0) is 12.8. The van der Waals surface area contributed by atoms with Crippen LogP contribution in [0.3, 0.4) is 0 Å². The minimum Gasteiger partial charge on any atom is -0.356 e.